The highest BCUT2D eigenvalue weighted by molar-refractivity contribution is 7.16. The Bertz CT molecular complexity index is 915. The number of para-hydroxylation sites is 2. The minimum absolute atomic E-state index is 0.0200. The number of hydrogen-bond acceptors (Lipinski definition) is 7. The maximum Gasteiger partial charge on any atom is 0.234 e. The van der Waals surface area contributed by atoms with Gasteiger partial charge >= 0.3 is 0 Å². The van der Waals surface area contributed by atoms with Gasteiger partial charge in [0.1, 0.15) is 5.01 Å². The molecule has 3 aromatic rings. The van der Waals surface area contributed by atoms with E-state index in [1.165, 1.54) is 11.3 Å². The largest absolute Gasteiger partial charge is 0.378 e. The van der Waals surface area contributed by atoms with Crippen LogP contribution >= 0.6 is 11.3 Å². The number of anilines is 2. The molecular formula is C17H20N6O2S. The van der Waals surface area contributed by atoms with E-state index in [2.05, 4.69) is 25.5 Å². The lowest BCUT2D eigenvalue weighted by Gasteiger charge is -2.30. The smallest absolute Gasteiger partial charge is 0.234 e. The number of carbonyl (C=O) groups is 1. The molecule has 0 unspecified atom stereocenters. The van der Waals surface area contributed by atoms with Gasteiger partial charge in [-0.15, -0.1) is 10.2 Å². The van der Waals surface area contributed by atoms with Crippen molar-refractivity contribution in [2.45, 2.75) is 19.8 Å². The molecule has 0 bridgehead atoms. The molecule has 1 fully saturated rings. The van der Waals surface area contributed by atoms with Crippen LogP contribution in [0.25, 0.3) is 4.96 Å². The van der Waals surface area contributed by atoms with Crippen LogP contribution in [0.15, 0.2) is 24.3 Å². The Morgan fingerprint density at radius 3 is 2.88 bits per heavy atom. The predicted octanol–water partition coefficient (Wildman–Crippen LogP) is 1.90. The van der Waals surface area contributed by atoms with Crippen LogP contribution in [0.4, 0.5) is 11.4 Å². The molecule has 8 nitrogen and oxygen atoms in total. The van der Waals surface area contributed by atoms with Crippen molar-refractivity contribution >= 4 is 33.6 Å². The first-order valence-electron chi connectivity index (χ1n) is 8.60. The Labute approximate surface area is 154 Å². The Balaban J connectivity index is 1.40. The normalized spacial score (nSPS) is 14.7. The van der Waals surface area contributed by atoms with Gasteiger partial charge in [0.15, 0.2) is 5.82 Å². The van der Waals surface area contributed by atoms with Gasteiger partial charge in [-0.2, -0.15) is 9.61 Å². The SMILES string of the molecule is Cc1nnc2sc(CCC(=O)Nc3ccccc3N3CCOCC3)nn12. The molecule has 0 radical (unpaired) electrons. The number of morpholine rings is 1. The van der Waals surface area contributed by atoms with Crippen molar-refractivity contribution in [3.8, 4) is 0 Å². The van der Waals surface area contributed by atoms with Crippen molar-refractivity contribution in [2.24, 2.45) is 0 Å². The number of amides is 1. The summed E-state index contributed by atoms with van der Waals surface area (Å²) in [4.78, 5) is 15.4. The van der Waals surface area contributed by atoms with E-state index in [1.807, 2.05) is 31.2 Å². The molecule has 9 heteroatoms. The number of nitrogens with one attached hydrogen (secondary N) is 1. The summed E-state index contributed by atoms with van der Waals surface area (Å²) in [6.07, 6.45) is 0.958. The third-order valence-corrected chi connectivity index (χ3v) is 5.24. The summed E-state index contributed by atoms with van der Waals surface area (Å²) in [6, 6.07) is 7.90. The van der Waals surface area contributed by atoms with E-state index < -0.39 is 0 Å². The molecule has 2 aromatic heterocycles. The molecule has 1 aliphatic heterocycles. The molecule has 4 rings (SSSR count). The number of rotatable bonds is 5. The average Bonchev–Trinajstić information content (AvgIpc) is 3.23. The molecule has 0 saturated carbocycles. The minimum Gasteiger partial charge on any atom is -0.378 e. The molecule has 3 heterocycles. The van der Waals surface area contributed by atoms with E-state index in [9.17, 15) is 4.79 Å². The third-order valence-electron chi connectivity index (χ3n) is 4.28. The summed E-state index contributed by atoms with van der Waals surface area (Å²) in [6.45, 7) is 4.95. The molecule has 1 amide bonds. The molecule has 1 aromatic carbocycles. The lowest BCUT2D eigenvalue weighted by Crippen LogP contribution is -2.36. The van der Waals surface area contributed by atoms with E-state index in [4.69, 9.17) is 4.74 Å². The molecule has 26 heavy (non-hydrogen) atoms. The molecule has 1 N–H and O–H groups in total. The van der Waals surface area contributed by atoms with Gasteiger partial charge in [0.25, 0.3) is 0 Å². The zero-order chi connectivity index (χ0) is 17.9. The summed E-state index contributed by atoms with van der Waals surface area (Å²) in [5, 5.41) is 16.4. The van der Waals surface area contributed by atoms with Crippen LogP contribution in [0, 0.1) is 6.92 Å². The van der Waals surface area contributed by atoms with E-state index >= 15 is 0 Å². The summed E-state index contributed by atoms with van der Waals surface area (Å²) in [5.74, 6) is 0.736. The maximum absolute atomic E-state index is 12.4. The molecular weight excluding hydrogens is 352 g/mol. The molecule has 0 aliphatic carbocycles. The van der Waals surface area contributed by atoms with Gasteiger partial charge in [-0.05, 0) is 19.1 Å². The number of carbonyl (C=O) groups excluding carboxylic acids is 1. The van der Waals surface area contributed by atoms with Crippen molar-refractivity contribution in [1.29, 1.82) is 0 Å². The molecule has 1 saturated heterocycles. The number of aryl methyl sites for hydroxylation is 2. The standard InChI is InChI=1S/C17H20N6O2S/c1-12-19-20-17-23(12)21-16(26-17)7-6-15(24)18-13-4-2-3-5-14(13)22-8-10-25-11-9-22/h2-5H,6-11H2,1H3,(H,18,24). The van der Waals surface area contributed by atoms with Gasteiger partial charge in [0.2, 0.25) is 10.9 Å². The van der Waals surface area contributed by atoms with Gasteiger partial charge in [-0.1, -0.05) is 23.5 Å². The third kappa shape index (κ3) is 3.54. The first-order chi connectivity index (χ1) is 12.7. The zero-order valence-electron chi connectivity index (χ0n) is 14.5. The van der Waals surface area contributed by atoms with Gasteiger partial charge in [-0.25, -0.2) is 0 Å². The number of fused-ring (bicyclic) bond motifs is 1. The van der Waals surface area contributed by atoms with E-state index in [0.29, 0.717) is 26.1 Å². The fourth-order valence-corrected chi connectivity index (χ4v) is 3.83. The quantitative estimate of drug-likeness (QED) is 0.736. The van der Waals surface area contributed by atoms with Crippen LogP contribution in [0.3, 0.4) is 0 Å². The lowest BCUT2D eigenvalue weighted by molar-refractivity contribution is -0.116. The van der Waals surface area contributed by atoms with Crippen LogP contribution in [0.2, 0.25) is 0 Å². The van der Waals surface area contributed by atoms with Crippen LogP contribution in [-0.2, 0) is 16.0 Å². The first kappa shape index (κ1) is 16.9. The summed E-state index contributed by atoms with van der Waals surface area (Å²) >= 11 is 1.47. The van der Waals surface area contributed by atoms with Crippen molar-refractivity contribution in [3.05, 3.63) is 35.1 Å². The highest BCUT2D eigenvalue weighted by atomic mass is 32.1. The van der Waals surface area contributed by atoms with Gasteiger partial charge in [0.05, 0.1) is 24.6 Å². The minimum atomic E-state index is -0.0200. The Kier molecular flexibility index (Phi) is 4.81. The Morgan fingerprint density at radius 1 is 1.27 bits per heavy atom. The molecule has 0 atom stereocenters. The molecule has 1 aliphatic rings. The van der Waals surface area contributed by atoms with Crippen molar-refractivity contribution < 1.29 is 9.53 Å². The summed E-state index contributed by atoms with van der Waals surface area (Å²) in [5.41, 5.74) is 1.88. The van der Waals surface area contributed by atoms with Crippen LogP contribution in [0.1, 0.15) is 17.3 Å². The summed E-state index contributed by atoms with van der Waals surface area (Å²) in [7, 11) is 0. The predicted molar refractivity (Wildman–Crippen MR) is 99.8 cm³/mol. The van der Waals surface area contributed by atoms with Gasteiger partial charge < -0.3 is 15.0 Å². The molecule has 0 spiro atoms. The van der Waals surface area contributed by atoms with E-state index in [1.54, 1.807) is 4.52 Å². The number of ether oxygens (including phenoxy) is 1. The number of aromatic nitrogens is 4. The Morgan fingerprint density at radius 2 is 2.08 bits per heavy atom. The van der Waals surface area contributed by atoms with Crippen LogP contribution in [0.5, 0.6) is 0 Å². The summed E-state index contributed by atoms with van der Waals surface area (Å²) < 4.78 is 7.12. The fraction of sp³-hybridized carbons (Fsp3) is 0.412. The fourth-order valence-electron chi connectivity index (χ4n) is 2.95. The maximum atomic E-state index is 12.4. The zero-order valence-corrected chi connectivity index (χ0v) is 15.3. The van der Waals surface area contributed by atoms with Crippen LogP contribution in [-0.4, -0.2) is 52.0 Å². The number of nitrogens with zero attached hydrogens (tertiary/aromatic N) is 5. The van der Waals surface area contributed by atoms with E-state index in [0.717, 1.165) is 40.3 Å². The average molecular weight is 372 g/mol. The highest BCUT2D eigenvalue weighted by Crippen LogP contribution is 2.26. The van der Waals surface area contributed by atoms with Gasteiger partial charge in [0, 0.05) is 25.9 Å². The second-order valence-corrected chi connectivity index (χ2v) is 7.14. The second-order valence-electron chi connectivity index (χ2n) is 6.10. The molecule has 136 valence electrons. The van der Waals surface area contributed by atoms with E-state index in [-0.39, 0.29) is 5.91 Å². The second kappa shape index (κ2) is 7.38. The highest BCUT2D eigenvalue weighted by Gasteiger charge is 2.16. The lowest BCUT2D eigenvalue weighted by atomic mass is 10.2. The van der Waals surface area contributed by atoms with Gasteiger partial charge in [-0.3, -0.25) is 4.79 Å². The van der Waals surface area contributed by atoms with Crippen molar-refractivity contribution in [3.63, 3.8) is 0 Å². The first-order valence-corrected chi connectivity index (χ1v) is 9.41. The topological polar surface area (TPSA) is 84.7 Å². The van der Waals surface area contributed by atoms with Crippen molar-refractivity contribution in [2.75, 3.05) is 36.5 Å². The number of hydrogen-bond donors (Lipinski definition) is 1. The van der Waals surface area contributed by atoms with Crippen molar-refractivity contribution in [1.82, 2.24) is 19.8 Å². The number of benzene rings is 1. The monoisotopic (exact) mass is 372 g/mol. The Hall–Kier alpha value is -2.52. The van der Waals surface area contributed by atoms with Crippen LogP contribution < -0.4 is 10.2 Å².